The molecule has 0 saturated heterocycles. The number of carbonyl (C=O) groups is 4. The summed E-state index contributed by atoms with van der Waals surface area (Å²) >= 11 is 11.5. The minimum Gasteiger partial charge on any atom is -0.491 e. The van der Waals surface area contributed by atoms with Crippen molar-refractivity contribution in [2.45, 2.75) is 51.4 Å². The number of anilines is 2. The van der Waals surface area contributed by atoms with Gasteiger partial charge in [-0.15, -0.1) is 0 Å². The molecule has 14 N–H and O–H groups in total. The summed E-state index contributed by atoms with van der Waals surface area (Å²) in [6, 6.07) is 15.6. The second-order valence-electron chi connectivity index (χ2n) is 15.8. The predicted molar refractivity (Wildman–Crippen MR) is 284 cm³/mol. The van der Waals surface area contributed by atoms with Gasteiger partial charge >= 0.3 is 0 Å². The fourth-order valence-corrected chi connectivity index (χ4v) is 6.32. The van der Waals surface area contributed by atoms with Crippen molar-refractivity contribution in [3.05, 3.63) is 82.8 Å². The average Bonchev–Trinajstić information content (AvgIpc) is 3.38. The highest BCUT2D eigenvalue weighted by molar-refractivity contribution is 6.66. The van der Waals surface area contributed by atoms with E-state index in [0.29, 0.717) is 92.2 Å². The van der Waals surface area contributed by atoms with Crippen LogP contribution in [0, 0.1) is 0 Å². The second kappa shape index (κ2) is 37.1. The van der Waals surface area contributed by atoms with Crippen LogP contribution in [0.5, 0.6) is 11.5 Å². The lowest BCUT2D eigenvalue weighted by Crippen LogP contribution is -2.38. The van der Waals surface area contributed by atoms with Crippen molar-refractivity contribution in [3.63, 3.8) is 0 Å². The zero-order valence-corrected chi connectivity index (χ0v) is 43.1. The number of ether oxygens (including phenoxy) is 6. The van der Waals surface area contributed by atoms with Crippen molar-refractivity contribution < 1.29 is 47.6 Å². The third-order valence-corrected chi connectivity index (χ3v) is 10.4. The molecule has 0 bridgehead atoms. The predicted octanol–water partition coefficient (Wildman–Crippen LogP) is 1.76. The zero-order valence-electron chi connectivity index (χ0n) is 41.6. The van der Waals surface area contributed by atoms with Crippen LogP contribution in [-0.4, -0.2) is 149 Å². The minimum atomic E-state index is -0.689. The van der Waals surface area contributed by atoms with Crippen molar-refractivity contribution in [1.29, 1.82) is 0 Å². The Balaban J connectivity index is 1.05. The number of hydrogen-bond donors (Lipinski definition) is 9. The zero-order chi connectivity index (χ0) is 53.8. The van der Waals surface area contributed by atoms with Crippen molar-refractivity contribution in [2.75, 3.05) is 110 Å². The highest BCUT2D eigenvalue weighted by Gasteiger charge is 2.17. The Morgan fingerprint density at radius 3 is 1.53 bits per heavy atom. The van der Waals surface area contributed by atoms with Gasteiger partial charge in [0.2, 0.25) is 11.8 Å². The number of aromatic nitrogens is 2. The quantitative estimate of drug-likeness (QED) is 0.0172. The third-order valence-electron chi connectivity index (χ3n) is 9.90. The Morgan fingerprint density at radius 1 is 0.608 bits per heavy atom. The molecule has 0 unspecified atom stereocenters. The van der Waals surface area contributed by atoms with Gasteiger partial charge in [-0.25, -0.2) is 15.0 Å². The van der Waals surface area contributed by atoms with Gasteiger partial charge in [0.1, 0.15) is 35.6 Å². The molecule has 0 atom stereocenters. The second-order valence-corrected chi connectivity index (χ2v) is 16.6. The molecule has 1 aromatic heterocycles. The van der Waals surface area contributed by atoms with Crippen LogP contribution in [-0.2, 0) is 46.2 Å². The molecule has 3 rings (SSSR count). The van der Waals surface area contributed by atoms with Crippen LogP contribution in [0.1, 0.15) is 60.1 Å². The van der Waals surface area contributed by atoms with Gasteiger partial charge in [0.05, 0.1) is 52.9 Å². The van der Waals surface area contributed by atoms with E-state index in [1.807, 2.05) is 48.5 Å². The minimum absolute atomic E-state index is 0.00301. The Morgan fingerprint density at radius 2 is 1.05 bits per heavy atom. The van der Waals surface area contributed by atoms with E-state index in [1.54, 1.807) is 0 Å². The summed E-state index contributed by atoms with van der Waals surface area (Å²) in [4.78, 5) is 68.3. The van der Waals surface area contributed by atoms with E-state index in [-0.39, 0.29) is 76.5 Å². The van der Waals surface area contributed by atoms with Crippen LogP contribution in [0.25, 0.3) is 0 Å². The first kappa shape index (κ1) is 61.6. The SMILES string of the molecule is C=C(N=C(Cl)CN)C(=O)NC(N)=NCCCCc1ccc(OCCOCCOCCNC(=O)CCC(=O)NCCOCCOCCOc2ccc(CCCCN=C(N)NC(=O)c3nc(Cl)c(N)nc3N)cc2)cc1. The number of aryl methyl sites for hydroxylation is 2. The molecule has 2 aromatic carbocycles. The first-order chi connectivity index (χ1) is 35.7. The molecule has 0 aliphatic heterocycles. The average molecular weight is 1070 g/mol. The molecule has 0 fully saturated rings. The van der Waals surface area contributed by atoms with Crippen molar-refractivity contribution in [1.82, 2.24) is 31.2 Å². The summed E-state index contributed by atoms with van der Waals surface area (Å²) in [5, 5.41) is 10.2. The van der Waals surface area contributed by atoms with Gasteiger partial charge in [0, 0.05) is 45.6 Å². The fraction of sp³-hybridized carbons (Fsp3) is 0.479. The number of unbranched alkanes of at least 4 members (excludes halogenated alkanes) is 2. The van der Waals surface area contributed by atoms with E-state index in [4.69, 9.17) is 80.3 Å². The molecule has 0 aliphatic rings. The molecule has 0 radical (unpaired) electrons. The number of nitrogen functional groups attached to an aromatic ring is 2. The number of amides is 4. The summed E-state index contributed by atoms with van der Waals surface area (Å²) in [6.07, 6.45) is 5.04. The van der Waals surface area contributed by atoms with E-state index in [1.165, 1.54) is 0 Å². The Labute approximate surface area is 440 Å². The van der Waals surface area contributed by atoms with Crippen LogP contribution in [0.4, 0.5) is 11.6 Å². The summed E-state index contributed by atoms with van der Waals surface area (Å²) < 4.78 is 33.6. The molecule has 26 heteroatoms. The number of halogens is 2. The maximum Gasteiger partial charge on any atom is 0.280 e. The number of nitrogens with one attached hydrogen (secondary N) is 4. The molecule has 1 heterocycles. The van der Waals surface area contributed by atoms with Crippen molar-refractivity contribution >= 4 is 75.6 Å². The molecule has 3 aromatic rings. The number of benzene rings is 2. The van der Waals surface area contributed by atoms with Crippen LogP contribution < -0.4 is 59.4 Å². The summed E-state index contributed by atoms with van der Waals surface area (Å²) in [5.74, 6) is -0.660. The first-order valence-electron chi connectivity index (χ1n) is 23.9. The summed E-state index contributed by atoms with van der Waals surface area (Å²) in [7, 11) is 0. The Hall–Kier alpha value is -6.67. The smallest absolute Gasteiger partial charge is 0.280 e. The largest absolute Gasteiger partial charge is 0.491 e. The molecule has 0 saturated carbocycles. The monoisotopic (exact) mass is 1070 g/mol. The number of guanidine groups is 2. The lowest BCUT2D eigenvalue weighted by Gasteiger charge is -2.10. The van der Waals surface area contributed by atoms with E-state index >= 15 is 0 Å². The maximum atomic E-state index is 12.3. The molecule has 0 aliphatic carbocycles. The van der Waals surface area contributed by atoms with E-state index in [0.717, 1.165) is 61.2 Å². The molecule has 24 nitrogen and oxygen atoms in total. The molecule has 4 amide bonds. The van der Waals surface area contributed by atoms with E-state index in [9.17, 15) is 19.2 Å². The lowest BCUT2D eigenvalue weighted by atomic mass is 10.1. The first-order valence-corrected chi connectivity index (χ1v) is 24.7. The number of carbonyl (C=O) groups excluding carboxylic acids is 4. The van der Waals surface area contributed by atoms with Gasteiger partial charge in [-0.05, 0) is 73.9 Å². The highest BCUT2D eigenvalue weighted by Crippen LogP contribution is 2.18. The highest BCUT2D eigenvalue weighted by atomic mass is 35.5. The van der Waals surface area contributed by atoms with Gasteiger partial charge in [0.15, 0.2) is 34.4 Å². The topological polar surface area (TPSA) is 365 Å². The fourth-order valence-electron chi connectivity index (χ4n) is 6.09. The molecular weight excluding hydrogens is 1000 g/mol. The van der Waals surface area contributed by atoms with Crippen LogP contribution in [0.3, 0.4) is 0 Å². The Kier molecular flexibility index (Phi) is 30.9. The maximum absolute atomic E-state index is 12.3. The van der Waals surface area contributed by atoms with Gasteiger partial charge in [-0.1, -0.05) is 54.0 Å². The van der Waals surface area contributed by atoms with Gasteiger partial charge in [-0.3, -0.25) is 39.8 Å². The van der Waals surface area contributed by atoms with Crippen LogP contribution in [0.2, 0.25) is 5.15 Å². The van der Waals surface area contributed by atoms with Crippen molar-refractivity contribution in [3.8, 4) is 11.5 Å². The van der Waals surface area contributed by atoms with Gasteiger partial charge in [-0.2, -0.15) is 0 Å². The molecule has 0 spiro atoms. The Bertz CT molecular complexity index is 2290. The number of nitrogens with two attached hydrogens (primary N) is 5. The molecule has 406 valence electrons. The molecule has 74 heavy (non-hydrogen) atoms. The number of hydrogen-bond acceptors (Lipinski definition) is 18. The van der Waals surface area contributed by atoms with Crippen LogP contribution in [0.15, 0.2) is 75.8 Å². The van der Waals surface area contributed by atoms with Gasteiger partial charge < -0.3 is 67.7 Å². The lowest BCUT2D eigenvalue weighted by molar-refractivity contribution is -0.126. The van der Waals surface area contributed by atoms with Gasteiger partial charge in [0.25, 0.3) is 11.8 Å². The summed E-state index contributed by atoms with van der Waals surface area (Å²) in [6.45, 7) is 8.63. The number of aliphatic imine (C=N–C) groups is 3. The van der Waals surface area contributed by atoms with E-state index < -0.39 is 11.8 Å². The van der Waals surface area contributed by atoms with Crippen LogP contribution >= 0.6 is 23.2 Å². The third kappa shape index (κ3) is 28.0. The van der Waals surface area contributed by atoms with Crippen molar-refractivity contribution in [2.24, 2.45) is 32.2 Å². The van der Waals surface area contributed by atoms with E-state index in [2.05, 4.69) is 52.8 Å². The summed E-state index contributed by atoms with van der Waals surface area (Å²) in [5.41, 5.74) is 30.1. The standard InChI is InChI=1S/C48H70Cl2N14O10/c1-33(60-38(49)32-51)45(67)63-47(54)58-18-4-2-6-34-8-12-36(13-9-34)73-30-28-71-26-24-69-22-20-56-39(65)16-17-40(66)57-21-23-70-25-27-72-29-31-74-37-14-10-35(11-15-37)7-3-5-19-59-48(55)64-46(68)41-43(52)62-44(53)42(50)61-41/h8-15H,1-7,16-32,51H2,(H,56,65)(H,57,66)(H4,52,53,62)(H3,54,58,63,67)(H3,55,59,64,68). The normalized spacial score (nSPS) is 11.7. The molecular formula is C48H70Cl2N14O10. The number of rotatable bonds is 37. The number of nitrogens with zero attached hydrogens (tertiary/aromatic N) is 5.